The molecule has 0 radical (unpaired) electrons. The highest BCUT2D eigenvalue weighted by molar-refractivity contribution is 6.21. The number of alkyl halides is 1. The van der Waals surface area contributed by atoms with E-state index in [2.05, 4.69) is 5.32 Å². The standard InChI is InChI=1S/C14H17ClFNO/c1-9-7-10(5-6-13(9)16)14(18)17-8-11-3-2-4-12(11)15/h5-7,11-12H,2-4,8H2,1H3,(H,17,18). The normalized spacial score (nSPS) is 23.1. The average Bonchev–Trinajstić information content (AvgIpc) is 2.75. The first-order valence-electron chi connectivity index (χ1n) is 6.26. The summed E-state index contributed by atoms with van der Waals surface area (Å²) in [7, 11) is 0. The highest BCUT2D eigenvalue weighted by atomic mass is 35.5. The number of benzene rings is 1. The summed E-state index contributed by atoms with van der Waals surface area (Å²) in [5.41, 5.74) is 0.983. The molecule has 2 atom stereocenters. The first kappa shape index (κ1) is 13.3. The van der Waals surface area contributed by atoms with E-state index in [9.17, 15) is 9.18 Å². The van der Waals surface area contributed by atoms with Gasteiger partial charge in [0.25, 0.3) is 5.91 Å². The second-order valence-corrected chi connectivity index (χ2v) is 5.44. The van der Waals surface area contributed by atoms with Crippen LogP contribution in [0.2, 0.25) is 0 Å². The van der Waals surface area contributed by atoms with Gasteiger partial charge in [0.2, 0.25) is 0 Å². The molecule has 2 unspecified atom stereocenters. The lowest BCUT2D eigenvalue weighted by Crippen LogP contribution is -2.31. The van der Waals surface area contributed by atoms with Crippen molar-refractivity contribution in [3.8, 4) is 0 Å². The summed E-state index contributed by atoms with van der Waals surface area (Å²) in [6.07, 6.45) is 3.22. The quantitative estimate of drug-likeness (QED) is 0.839. The van der Waals surface area contributed by atoms with E-state index in [1.54, 1.807) is 13.0 Å². The summed E-state index contributed by atoms with van der Waals surface area (Å²) in [4.78, 5) is 11.9. The lowest BCUT2D eigenvalue weighted by atomic mass is 10.1. The summed E-state index contributed by atoms with van der Waals surface area (Å²) in [6.45, 7) is 2.25. The van der Waals surface area contributed by atoms with Crippen LogP contribution in [-0.4, -0.2) is 17.8 Å². The first-order chi connectivity index (χ1) is 8.58. The van der Waals surface area contributed by atoms with Crippen LogP contribution in [0.1, 0.15) is 35.2 Å². The number of hydrogen-bond acceptors (Lipinski definition) is 1. The Morgan fingerprint density at radius 1 is 1.50 bits per heavy atom. The molecule has 98 valence electrons. The molecule has 2 rings (SSSR count). The molecule has 18 heavy (non-hydrogen) atoms. The van der Waals surface area contributed by atoms with Crippen molar-refractivity contribution in [2.75, 3.05) is 6.54 Å². The Labute approximate surface area is 112 Å². The number of rotatable bonds is 3. The predicted molar refractivity (Wildman–Crippen MR) is 70.5 cm³/mol. The minimum atomic E-state index is -0.289. The van der Waals surface area contributed by atoms with E-state index in [0.717, 1.165) is 19.3 Å². The van der Waals surface area contributed by atoms with Crippen molar-refractivity contribution in [1.29, 1.82) is 0 Å². The fraction of sp³-hybridized carbons (Fsp3) is 0.500. The van der Waals surface area contributed by atoms with Gasteiger partial charge >= 0.3 is 0 Å². The van der Waals surface area contributed by atoms with Gasteiger partial charge in [0.15, 0.2) is 0 Å². The van der Waals surface area contributed by atoms with E-state index in [1.807, 2.05) is 0 Å². The van der Waals surface area contributed by atoms with Gasteiger partial charge in [-0.15, -0.1) is 11.6 Å². The number of aryl methyl sites for hydroxylation is 1. The Bertz CT molecular complexity index is 449. The molecule has 1 aliphatic rings. The molecule has 0 saturated heterocycles. The number of hydrogen-bond donors (Lipinski definition) is 1. The average molecular weight is 270 g/mol. The van der Waals surface area contributed by atoms with Gasteiger partial charge in [0, 0.05) is 17.5 Å². The summed E-state index contributed by atoms with van der Waals surface area (Å²) in [6, 6.07) is 4.39. The van der Waals surface area contributed by atoms with E-state index in [4.69, 9.17) is 11.6 Å². The first-order valence-corrected chi connectivity index (χ1v) is 6.70. The van der Waals surface area contributed by atoms with Crippen LogP contribution < -0.4 is 5.32 Å². The van der Waals surface area contributed by atoms with Crippen molar-refractivity contribution in [2.45, 2.75) is 31.6 Å². The fourth-order valence-corrected chi connectivity index (χ4v) is 2.70. The maximum Gasteiger partial charge on any atom is 0.251 e. The van der Waals surface area contributed by atoms with Crippen molar-refractivity contribution >= 4 is 17.5 Å². The van der Waals surface area contributed by atoms with Crippen LogP contribution in [0.3, 0.4) is 0 Å². The summed E-state index contributed by atoms with van der Waals surface area (Å²) >= 11 is 6.15. The summed E-state index contributed by atoms with van der Waals surface area (Å²) < 4.78 is 13.1. The number of carbonyl (C=O) groups is 1. The molecule has 1 aromatic rings. The number of halogens is 2. The second kappa shape index (κ2) is 5.70. The van der Waals surface area contributed by atoms with Gasteiger partial charge in [0.05, 0.1) is 0 Å². The molecule has 1 N–H and O–H groups in total. The third-order valence-electron chi connectivity index (χ3n) is 3.51. The topological polar surface area (TPSA) is 29.1 Å². The van der Waals surface area contributed by atoms with Crippen LogP contribution in [0.4, 0.5) is 4.39 Å². The Balaban J connectivity index is 1.93. The Morgan fingerprint density at radius 3 is 2.89 bits per heavy atom. The monoisotopic (exact) mass is 269 g/mol. The van der Waals surface area contributed by atoms with Crippen LogP contribution in [-0.2, 0) is 0 Å². The third kappa shape index (κ3) is 3.02. The largest absolute Gasteiger partial charge is 0.352 e. The van der Waals surface area contributed by atoms with Crippen molar-refractivity contribution in [1.82, 2.24) is 5.32 Å². The Morgan fingerprint density at radius 2 is 2.28 bits per heavy atom. The third-order valence-corrected chi connectivity index (χ3v) is 4.09. The molecule has 1 aromatic carbocycles. The Hall–Kier alpha value is -1.09. The molecule has 1 aliphatic carbocycles. The lowest BCUT2D eigenvalue weighted by molar-refractivity contribution is 0.0947. The highest BCUT2D eigenvalue weighted by Crippen LogP contribution is 2.29. The summed E-state index contributed by atoms with van der Waals surface area (Å²) in [5, 5.41) is 3.04. The zero-order valence-electron chi connectivity index (χ0n) is 10.4. The van der Waals surface area contributed by atoms with Crippen LogP contribution >= 0.6 is 11.6 Å². The molecule has 4 heteroatoms. The molecule has 1 fully saturated rings. The van der Waals surface area contributed by atoms with Gasteiger partial charge in [0.1, 0.15) is 5.82 Å². The molecule has 2 nitrogen and oxygen atoms in total. The number of carbonyl (C=O) groups excluding carboxylic acids is 1. The van der Waals surface area contributed by atoms with Crippen molar-refractivity contribution in [2.24, 2.45) is 5.92 Å². The van der Waals surface area contributed by atoms with Crippen LogP contribution in [0, 0.1) is 18.7 Å². The molecular weight excluding hydrogens is 253 g/mol. The van der Waals surface area contributed by atoms with Crippen LogP contribution in [0.5, 0.6) is 0 Å². The predicted octanol–water partition coefficient (Wildman–Crippen LogP) is 3.27. The molecular formula is C14H17ClFNO. The molecule has 0 bridgehead atoms. The molecule has 0 aliphatic heterocycles. The zero-order chi connectivity index (χ0) is 13.1. The number of nitrogens with one attached hydrogen (secondary N) is 1. The van der Waals surface area contributed by atoms with Gasteiger partial charge in [-0.25, -0.2) is 4.39 Å². The smallest absolute Gasteiger partial charge is 0.251 e. The molecule has 0 aromatic heterocycles. The highest BCUT2D eigenvalue weighted by Gasteiger charge is 2.25. The van der Waals surface area contributed by atoms with E-state index in [-0.39, 0.29) is 17.1 Å². The fourth-order valence-electron chi connectivity index (χ4n) is 2.33. The van der Waals surface area contributed by atoms with Crippen LogP contribution in [0.15, 0.2) is 18.2 Å². The van der Waals surface area contributed by atoms with Gasteiger partial charge in [-0.1, -0.05) is 6.42 Å². The van der Waals surface area contributed by atoms with E-state index >= 15 is 0 Å². The maximum absolute atomic E-state index is 13.1. The molecule has 0 heterocycles. The van der Waals surface area contributed by atoms with Gasteiger partial charge in [-0.05, 0) is 49.4 Å². The van der Waals surface area contributed by atoms with Crippen LogP contribution in [0.25, 0.3) is 0 Å². The lowest BCUT2D eigenvalue weighted by Gasteiger charge is -2.14. The van der Waals surface area contributed by atoms with E-state index in [1.165, 1.54) is 12.1 Å². The van der Waals surface area contributed by atoms with Crippen molar-refractivity contribution in [3.05, 3.63) is 35.1 Å². The van der Waals surface area contributed by atoms with Crippen molar-refractivity contribution in [3.63, 3.8) is 0 Å². The minimum Gasteiger partial charge on any atom is -0.352 e. The minimum absolute atomic E-state index is 0.158. The zero-order valence-corrected chi connectivity index (χ0v) is 11.1. The molecule has 1 amide bonds. The Kier molecular flexibility index (Phi) is 4.23. The maximum atomic E-state index is 13.1. The molecule has 0 spiro atoms. The van der Waals surface area contributed by atoms with Gasteiger partial charge in [-0.3, -0.25) is 4.79 Å². The SMILES string of the molecule is Cc1cc(C(=O)NCC2CCCC2Cl)ccc1F. The van der Waals surface area contributed by atoms with Gasteiger partial charge in [-0.2, -0.15) is 0 Å². The van der Waals surface area contributed by atoms with E-state index in [0.29, 0.717) is 23.6 Å². The van der Waals surface area contributed by atoms with Crippen molar-refractivity contribution < 1.29 is 9.18 Å². The number of amides is 1. The van der Waals surface area contributed by atoms with E-state index < -0.39 is 0 Å². The summed E-state index contributed by atoms with van der Waals surface area (Å²) in [5.74, 6) is -0.0887. The van der Waals surface area contributed by atoms with Gasteiger partial charge < -0.3 is 5.32 Å². The molecule has 1 saturated carbocycles. The second-order valence-electron chi connectivity index (χ2n) is 4.88.